The number of hydrogen-bond donors (Lipinski definition) is 2. The minimum atomic E-state index is -4.20. The van der Waals surface area contributed by atoms with Crippen molar-refractivity contribution < 1.29 is 37.0 Å². The van der Waals surface area contributed by atoms with Crippen molar-refractivity contribution in [2.45, 2.75) is 62.2 Å². The maximum absolute atomic E-state index is 13.5. The Morgan fingerprint density at radius 2 is 2.05 bits per heavy atom. The Morgan fingerprint density at radius 1 is 1.27 bits per heavy atom. The Kier molecular flexibility index (Phi) is 10.3. The number of rotatable bonds is 14. The van der Waals surface area contributed by atoms with E-state index in [2.05, 4.69) is 10.0 Å². The van der Waals surface area contributed by atoms with Crippen LogP contribution < -0.4 is 14.8 Å². The quantitative estimate of drug-likeness (QED) is 0.159. The summed E-state index contributed by atoms with van der Waals surface area (Å²) in [6.07, 6.45) is -1.71. The number of ether oxygens (including phenoxy) is 4. The average molecular weight is 607 g/mol. The van der Waals surface area contributed by atoms with Gasteiger partial charge in [-0.3, -0.25) is 9.59 Å². The van der Waals surface area contributed by atoms with Crippen LogP contribution in [0.1, 0.15) is 27.2 Å². The molecule has 1 amide bonds. The number of nitrogens with one attached hydrogen (secondary N) is 2. The molecule has 12 nitrogen and oxygen atoms in total. The van der Waals surface area contributed by atoms with E-state index in [9.17, 15) is 18.0 Å². The summed E-state index contributed by atoms with van der Waals surface area (Å²) in [6.45, 7) is 6.06. The van der Waals surface area contributed by atoms with Crippen LogP contribution in [0.3, 0.4) is 0 Å². The smallest absolute Gasteiger partial charge is 0.310 e. The van der Waals surface area contributed by atoms with Gasteiger partial charge in [-0.1, -0.05) is 23.9 Å². The maximum atomic E-state index is 13.5. The predicted molar refractivity (Wildman–Crippen MR) is 153 cm³/mol. The van der Waals surface area contributed by atoms with E-state index >= 15 is 0 Å². The van der Waals surface area contributed by atoms with Gasteiger partial charge in [0.2, 0.25) is 22.2 Å². The second-order valence-corrected chi connectivity index (χ2v) is 12.1. The Morgan fingerprint density at radius 3 is 2.78 bits per heavy atom. The molecule has 1 saturated heterocycles. The molecule has 1 aromatic heterocycles. The molecule has 0 saturated carbocycles. The van der Waals surface area contributed by atoms with E-state index in [1.807, 2.05) is 35.8 Å². The van der Waals surface area contributed by atoms with Crippen molar-refractivity contribution in [1.29, 1.82) is 0 Å². The lowest BCUT2D eigenvalue weighted by Crippen LogP contribution is -2.41. The summed E-state index contributed by atoms with van der Waals surface area (Å²) >= 11 is 1.55. The van der Waals surface area contributed by atoms with Crippen molar-refractivity contribution in [3.8, 4) is 5.75 Å². The summed E-state index contributed by atoms with van der Waals surface area (Å²) < 4.78 is 53.6. The third kappa shape index (κ3) is 7.77. The third-order valence-electron chi connectivity index (χ3n) is 6.06. The Labute approximate surface area is 243 Å². The molecule has 2 heterocycles. The van der Waals surface area contributed by atoms with Crippen LogP contribution in [0, 0.1) is 0 Å². The molecule has 0 radical (unpaired) electrons. The normalized spacial score (nSPS) is 17.9. The topological polar surface area (TPSA) is 147 Å². The van der Waals surface area contributed by atoms with Gasteiger partial charge in [-0.15, -0.1) is 0 Å². The van der Waals surface area contributed by atoms with Crippen molar-refractivity contribution in [3.05, 3.63) is 42.5 Å². The monoisotopic (exact) mass is 606 g/mol. The first kappa shape index (κ1) is 30.8. The zero-order chi connectivity index (χ0) is 29.6. The zero-order valence-corrected chi connectivity index (χ0v) is 24.9. The summed E-state index contributed by atoms with van der Waals surface area (Å²) in [4.78, 5) is 28.2. The molecule has 4 rings (SSSR count). The minimum Gasteiger partial charge on any atom is -0.487 e. The number of benzene rings is 2. The molecule has 14 heteroatoms. The number of carbonyl (C=O) groups is 2. The lowest BCUT2D eigenvalue weighted by molar-refractivity contribution is -0.163. The number of fused-ring (bicyclic) bond motifs is 1. The van der Waals surface area contributed by atoms with Crippen molar-refractivity contribution in [2.24, 2.45) is 0 Å². The first-order valence-corrected chi connectivity index (χ1v) is 15.6. The number of esters is 1. The largest absolute Gasteiger partial charge is 0.487 e. The summed E-state index contributed by atoms with van der Waals surface area (Å²) in [5, 5.41) is 3.44. The average Bonchev–Trinajstić information content (AvgIpc) is 3.42. The number of anilines is 1. The Balaban J connectivity index is 1.62. The van der Waals surface area contributed by atoms with E-state index in [4.69, 9.17) is 23.9 Å². The number of para-hydroxylation sites is 2. The molecule has 0 bridgehead atoms. The summed E-state index contributed by atoms with van der Waals surface area (Å²) in [7, 11) is -2.55. The highest BCUT2D eigenvalue weighted by Gasteiger charge is 2.39. The number of hydrogen-bond acceptors (Lipinski definition) is 10. The van der Waals surface area contributed by atoms with Gasteiger partial charge >= 0.3 is 5.97 Å². The number of carbonyl (C=O) groups excluding carboxylic acids is 2. The van der Waals surface area contributed by atoms with Gasteiger partial charge in [0.15, 0.2) is 5.16 Å². The predicted octanol–water partition coefficient (Wildman–Crippen LogP) is 3.16. The number of cyclic esters (lactones) is 1. The van der Waals surface area contributed by atoms with Gasteiger partial charge in [-0.25, -0.2) is 18.1 Å². The Bertz CT molecular complexity index is 1490. The molecular formula is C27H34N4O8S2. The standard InChI is InChI=1S/C27H34N4O8S2/c1-5-37-26-21(15-25(33)39-26)30-41(34,35)24-11-10-19(28-18(3)32)14-23(24)38-17(2)16-31-22-9-7-6-8-20(22)29-27(31)40-13-12-36-4/h6-11,14,17,21,26,30H,5,12-13,15-16H2,1-4H3,(H,28,32)/t17-,21?,26?/m1/s1. The first-order valence-electron chi connectivity index (χ1n) is 13.1. The number of sulfonamides is 1. The molecule has 41 heavy (non-hydrogen) atoms. The maximum Gasteiger partial charge on any atom is 0.310 e. The van der Waals surface area contributed by atoms with Crippen molar-refractivity contribution >= 4 is 50.4 Å². The van der Waals surface area contributed by atoms with Crippen LogP contribution in [-0.4, -0.2) is 74.4 Å². The van der Waals surface area contributed by atoms with Crippen molar-refractivity contribution in [1.82, 2.24) is 14.3 Å². The summed E-state index contributed by atoms with van der Waals surface area (Å²) in [5.41, 5.74) is 2.11. The molecule has 222 valence electrons. The van der Waals surface area contributed by atoms with Crippen LogP contribution in [0.15, 0.2) is 52.5 Å². The first-order chi connectivity index (χ1) is 19.6. The highest BCUT2D eigenvalue weighted by atomic mass is 32.2. The minimum absolute atomic E-state index is 0.0347. The molecule has 0 spiro atoms. The SMILES string of the molecule is CCOC1OC(=O)CC1NS(=O)(=O)c1ccc(NC(C)=O)cc1O[C@H](C)Cn1c(SCCOC)nc2ccccc21. The van der Waals surface area contributed by atoms with Gasteiger partial charge in [0.25, 0.3) is 0 Å². The fraction of sp³-hybridized carbons (Fsp3) is 0.444. The van der Waals surface area contributed by atoms with E-state index in [1.54, 1.807) is 25.8 Å². The molecule has 2 aromatic carbocycles. The molecular weight excluding hydrogens is 572 g/mol. The highest BCUT2D eigenvalue weighted by molar-refractivity contribution is 7.99. The van der Waals surface area contributed by atoms with Gasteiger partial charge in [0.05, 0.1) is 36.6 Å². The van der Waals surface area contributed by atoms with Gasteiger partial charge in [0.1, 0.15) is 16.7 Å². The number of thioether (sulfide) groups is 1. The molecule has 3 atom stereocenters. The van der Waals surface area contributed by atoms with Crippen molar-refractivity contribution in [3.63, 3.8) is 0 Å². The van der Waals surface area contributed by atoms with Gasteiger partial charge in [0, 0.05) is 38.1 Å². The molecule has 0 aliphatic carbocycles. The third-order valence-corrected chi connectivity index (χ3v) is 8.53. The van der Waals surface area contributed by atoms with Gasteiger partial charge in [-0.05, 0) is 38.1 Å². The lowest BCUT2D eigenvalue weighted by atomic mass is 10.2. The van der Waals surface area contributed by atoms with E-state index in [0.29, 0.717) is 24.6 Å². The molecule has 3 aromatic rings. The summed E-state index contributed by atoms with van der Waals surface area (Å²) in [5.74, 6) is -0.138. The second kappa shape index (κ2) is 13.7. The van der Waals surface area contributed by atoms with E-state index in [1.165, 1.54) is 25.1 Å². The highest BCUT2D eigenvalue weighted by Crippen LogP contribution is 2.31. The number of nitrogens with zero attached hydrogens (tertiary/aromatic N) is 2. The van der Waals surface area contributed by atoms with E-state index in [-0.39, 0.29) is 29.6 Å². The van der Waals surface area contributed by atoms with Crippen molar-refractivity contribution in [2.75, 3.05) is 31.4 Å². The zero-order valence-electron chi connectivity index (χ0n) is 23.3. The van der Waals surface area contributed by atoms with Crippen LogP contribution in [0.2, 0.25) is 0 Å². The molecule has 1 fully saturated rings. The number of methoxy groups -OCH3 is 1. The number of aromatic nitrogens is 2. The fourth-order valence-electron chi connectivity index (χ4n) is 4.38. The van der Waals surface area contributed by atoms with Crippen LogP contribution in [0.4, 0.5) is 5.69 Å². The fourth-order valence-corrected chi connectivity index (χ4v) is 6.64. The van der Waals surface area contributed by atoms with Crippen LogP contribution in [0.5, 0.6) is 5.75 Å². The molecule has 1 aliphatic rings. The molecule has 1 aliphatic heterocycles. The van der Waals surface area contributed by atoms with Crippen LogP contribution >= 0.6 is 11.8 Å². The number of amides is 1. The number of imidazole rings is 1. The van der Waals surface area contributed by atoms with Gasteiger partial charge < -0.3 is 28.8 Å². The Hall–Kier alpha value is -3.17. The molecule has 2 unspecified atom stereocenters. The summed E-state index contributed by atoms with van der Waals surface area (Å²) in [6, 6.07) is 11.1. The molecule has 2 N–H and O–H groups in total. The van der Waals surface area contributed by atoms with E-state index in [0.717, 1.165) is 16.2 Å². The second-order valence-electron chi connectivity index (χ2n) is 9.35. The van der Waals surface area contributed by atoms with E-state index < -0.39 is 34.4 Å². The van der Waals surface area contributed by atoms with Gasteiger partial charge in [-0.2, -0.15) is 0 Å². The van der Waals surface area contributed by atoms with Crippen LogP contribution in [0.25, 0.3) is 11.0 Å². The van der Waals surface area contributed by atoms with Crippen LogP contribution in [-0.2, 0) is 40.4 Å². The lowest BCUT2D eigenvalue weighted by Gasteiger charge is -2.22.